The summed E-state index contributed by atoms with van der Waals surface area (Å²) in [5.74, 6) is -0.260. The fourth-order valence-electron chi connectivity index (χ4n) is 3.91. The lowest BCUT2D eigenvalue weighted by Gasteiger charge is -2.09. The Morgan fingerprint density at radius 1 is 1.06 bits per heavy atom. The molecule has 0 spiro atoms. The number of H-pyrrole nitrogens is 2. The van der Waals surface area contributed by atoms with Gasteiger partial charge in [-0.2, -0.15) is 0 Å². The molecule has 5 aromatic rings. The minimum atomic E-state index is -0.534. The van der Waals surface area contributed by atoms with Crippen molar-refractivity contribution in [1.29, 1.82) is 0 Å². The number of carbonyl (C=O) groups excluding carboxylic acids is 1. The summed E-state index contributed by atoms with van der Waals surface area (Å²) in [5.41, 5.74) is 3.39. The molecule has 3 aromatic heterocycles. The summed E-state index contributed by atoms with van der Waals surface area (Å²) in [7, 11) is 0. The number of fused-ring (bicyclic) bond motifs is 2. The Balaban J connectivity index is 1.34. The lowest BCUT2D eigenvalue weighted by Crippen LogP contribution is -2.31. The van der Waals surface area contributed by atoms with Crippen molar-refractivity contribution in [2.45, 2.75) is 19.9 Å². The largest absolute Gasteiger partial charge is 0.358 e. The number of aromatic amines is 2. The molecule has 0 aliphatic rings. The Morgan fingerprint density at radius 2 is 1.81 bits per heavy atom. The number of anilines is 1. The molecule has 0 unspecified atom stereocenters. The molecule has 0 aliphatic heterocycles. The number of benzene rings is 2. The zero-order chi connectivity index (χ0) is 22.2. The summed E-state index contributed by atoms with van der Waals surface area (Å²) in [5, 5.41) is 6.71. The number of amides is 1. The van der Waals surface area contributed by atoms with Gasteiger partial charge in [-0.05, 0) is 25.1 Å². The number of nitrogens with one attached hydrogen (secondary N) is 3. The maximum absolute atomic E-state index is 12.5. The predicted molar refractivity (Wildman–Crippen MR) is 126 cm³/mol. The molecule has 3 N–H and O–H groups in total. The Kier molecular flexibility index (Phi) is 4.95. The van der Waals surface area contributed by atoms with Crippen LogP contribution in [0.5, 0.6) is 0 Å². The molecule has 0 fully saturated rings. The minimum absolute atomic E-state index is 0.0664. The zero-order valence-electron chi connectivity index (χ0n) is 17.1. The first-order valence-electron chi connectivity index (χ1n) is 10.1. The standard InChI is InChI=1S/C23H19N5O3S/c1-13-20(14-6-2-4-8-16(14)24-13)17-12-32-22(25-17)26-19(29)10-11-28-18-9-5-3-7-15(18)21(30)27-23(28)31/h2-9,12,24H,10-11H2,1H3,(H,25,26,29)(H,27,30,31). The molecule has 32 heavy (non-hydrogen) atoms. The first-order chi connectivity index (χ1) is 15.5. The highest BCUT2D eigenvalue weighted by atomic mass is 32.1. The van der Waals surface area contributed by atoms with E-state index in [1.165, 1.54) is 15.9 Å². The van der Waals surface area contributed by atoms with Crippen molar-refractivity contribution >= 4 is 44.2 Å². The van der Waals surface area contributed by atoms with Crippen LogP contribution in [0.15, 0.2) is 63.5 Å². The van der Waals surface area contributed by atoms with Gasteiger partial charge >= 0.3 is 5.69 Å². The van der Waals surface area contributed by atoms with E-state index in [1.807, 2.05) is 36.6 Å². The van der Waals surface area contributed by atoms with Crippen molar-refractivity contribution in [3.8, 4) is 11.3 Å². The number of thiazole rings is 1. The Bertz CT molecular complexity index is 1590. The second-order valence-electron chi connectivity index (χ2n) is 7.43. The van der Waals surface area contributed by atoms with Gasteiger partial charge in [-0.15, -0.1) is 11.3 Å². The minimum Gasteiger partial charge on any atom is -0.358 e. The normalized spacial score (nSPS) is 11.3. The van der Waals surface area contributed by atoms with Crippen molar-refractivity contribution in [3.63, 3.8) is 0 Å². The van der Waals surface area contributed by atoms with Gasteiger partial charge in [0.2, 0.25) is 5.91 Å². The van der Waals surface area contributed by atoms with E-state index in [0.29, 0.717) is 16.0 Å². The highest BCUT2D eigenvalue weighted by Gasteiger charge is 2.15. The van der Waals surface area contributed by atoms with Crippen LogP contribution < -0.4 is 16.6 Å². The van der Waals surface area contributed by atoms with E-state index >= 15 is 0 Å². The Morgan fingerprint density at radius 3 is 2.66 bits per heavy atom. The van der Waals surface area contributed by atoms with Crippen molar-refractivity contribution < 1.29 is 4.79 Å². The number of aryl methyl sites for hydroxylation is 2. The summed E-state index contributed by atoms with van der Waals surface area (Å²) >= 11 is 1.35. The third-order valence-electron chi connectivity index (χ3n) is 5.37. The fourth-order valence-corrected chi connectivity index (χ4v) is 4.63. The molecule has 160 valence electrons. The molecule has 0 radical (unpaired) electrons. The van der Waals surface area contributed by atoms with E-state index in [4.69, 9.17) is 0 Å². The Labute approximate surface area is 185 Å². The van der Waals surface area contributed by atoms with E-state index in [2.05, 4.69) is 20.3 Å². The van der Waals surface area contributed by atoms with Crippen LogP contribution in [-0.4, -0.2) is 25.4 Å². The molecule has 0 atom stereocenters. The van der Waals surface area contributed by atoms with Gasteiger partial charge in [-0.25, -0.2) is 9.78 Å². The summed E-state index contributed by atoms with van der Waals surface area (Å²) in [6.07, 6.45) is 0.0664. The molecule has 5 rings (SSSR count). The molecule has 2 aromatic carbocycles. The molecule has 0 saturated carbocycles. The number of rotatable bonds is 5. The molecule has 1 amide bonds. The van der Waals surface area contributed by atoms with Gasteiger partial charge < -0.3 is 10.3 Å². The maximum atomic E-state index is 12.5. The smallest absolute Gasteiger partial charge is 0.328 e. The second kappa shape index (κ2) is 7.93. The molecule has 0 saturated heterocycles. The number of nitrogens with zero attached hydrogens (tertiary/aromatic N) is 2. The first kappa shape index (κ1) is 20.0. The van der Waals surface area contributed by atoms with Gasteiger partial charge in [-0.3, -0.25) is 19.1 Å². The topological polar surface area (TPSA) is 113 Å². The first-order valence-corrected chi connectivity index (χ1v) is 10.9. The van der Waals surface area contributed by atoms with Gasteiger partial charge in [0.25, 0.3) is 5.56 Å². The molecule has 0 bridgehead atoms. The molecule has 3 heterocycles. The summed E-state index contributed by atoms with van der Waals surface area (Å²) < 4.78 is 1.40. The van der Waals surface area contributed by atoms with Gasteiger partial charge in [0.1, 0.15) is 0 Å². The van der Waals surface area contributed by atoms with Gasteiger partial charge in [0, 0.05) is 40.5 Å². The highest BCUT2D eigenvalue weighted by molar-refractivity contribution is 7.14. The number of para-hydroxylation sites is 2. The van der Waals surface area contributed by atoms with Crippen LogP contribution >= 0.6 is 11.3 Å². The fraction of sp³-hybridized carbons (Fsp3) is 0.130. The van der Waals surface area contributed by atoms with Gasteiger partial charge in [0.15, 0.2) is 5.13 Å². The number of hydrogen-bond acceptors (Lipinski definition) is 5. The third kappa shape index (κ3) is 3.52. The van der Waals surface area contributed by atoms with Crippen molar-refractivity contribution in [3.05, 3.63) is 80.4 Å². The quantitative estimate of drug-likeness (QED) is 0.383. The second-order valence-corrected chi connectivity index (χ2v) is 8.29. The SMILES string of the molecule is Cc1[nH]c2ccccc2c1-c1csc(NC(=O)CCn2c(=O)[nH]c(=O)c3ccccc32)n1. The van der Waals surface area contributed by atoms with Crippen LogP contribution in [0.25, 0.3) is 33.1 Å². The van der Waals surface area contributed by atoms with E-state index in [0.717, 1.165) is 27.9 Å². The average molecular weight is 446 g/mol. The van der Waals surface area contributed by atoms with Crippen molar-refractivity contribution in [2.24, 2.45) is 0 Å². The number of aromatic nitrogens is 4. The van der Waals surface area contributed by atoms with Crippen molar-refractivity contribution in [1.82, 2.24) is 19.5 Å². The van der Waals surface area contributed by atoms with Crippen LogP contribution in [0.4, 0.5) is 5.13 Å². The average Bonchev–Trinajstić information content (AvgIpc) is 3.36. The summed E-state index contributed by atoms with van der Waals surface area (Å²) in [6, 6.07) is 14.8. The third-order valence-corrected chi connectivity index (χ3v) is 6.13. The van der Waals surface area contributed by atoms with Crippen LogP contribution in [0.2, 0.25) is 0 Å². The summed E-state index contributed by atoms with van der Waals surface area (Å²) in [6.45, 7) is 2.14. The van der Waals surface area contributed by atoms with Crippen LogP contribution in [0, 0.1) is 6.92 Å². The number of hydrogen-bond donors (Lipinski definition) is 3. The van der Waals surface area contributed by atoms with Crippen LogP contribution in [0.3, 0.4) is 0 Å². The predicted octanol–water partition coefficient (Wildman–Crippen LogP) is 3.63. The van der Waals surface area contributed by atoms with Crippen LogP contribution in [-0.2, 0) is 11.3 Å². The lowest BCUT2D eigenvalue weighted by atomic mass is 10.1. The maximum Gasteiger partial charge on any atom is 0.328 e. The summed E-state index contributed by atoms with van der Waals surface area (Å²) in [4.78, 5) is 47.0. The Hall–Kier alpha value is -3.98. The lowest BCUT2D eigenvalue weighted by molar-refractivity contribution is -0.116. The van der Waals surface area contributed by atoms with E-state index in [-0.39, 0.29) is 18.9 Å². The monoisotopic (exact) mass is 445 g/mol. The van der Waals surface area contributed by atoms with E-state index in [1.54, 1.807) is 24.3 Å². The molecular formula is C23H19N5O3S. The molecule has 9 heteroatoms. The molecule has 8 nitrogen and oxygen atoms in total. The molecule has 0 aliphatic carbocycles. The van der Waals surface area contributed by atoms with E-state index in [9.17, 15) is 14.4 Å². The van der Waals surface area contributed by atoms with E-state index < -0.39 is 11.2 Å². The van der Waals surface area contributed by atoms with Crippen molar-refractivity contribution in [2.75, 3.05) is 5.32 Å². The zero-order valence-corrected chi connectivity index (χ0v) is 18.0. The molecular weight excluding hydrogens is 426 g/mol. The number of carbonyl (C=O) groups is 1. The van der Waals surface area contributed by atoms with Gasteiger partial charge in [0.05, 0.1) is 16.6 Å². The van der Waals surface area contributed by atoms with Gasteiger partial charge in [-0.1, -0.05) is 30.3 Å². The highest BCUT2D eigenvalue weighted by Crippen LogP contribution is 2.33. The van der Waals surface area contributed by atoms with Crippen LogP contribution in [0.1, 0.15) is 12.1 Å².